The molecule has 198 valence electrons. The van der Waals surface area contributed by atoms with Gasteiger partial charge in [0.1, 0.15) is 16.9 Å². The van der Waals surface area contributed by atoms with E-state index in [1.165, 1.54) is 0 Å². The van der Waals surface area contributed by atoms with Gasteiger partial charge in [0.15, 0.2) is 10.7 Å². The number of carbonyl (C=O) groups is 1. The third-order valence-electron chi connectivity index (χ3n) is 7.26. The lowest BCUT2D eigenvalue weighted by Gasteiger charge is -2.43. The molecular weight excluding hydrogens is 514 g/mol. The summed E-state index contributed by atoms with van der Waals surface area (Å²) in [6.45, 7) is 5.54. The molecule has 0 spiro atoms. The molecule has 7 nitrogen and oxygen atoms in total. The Kier molecular flexibility index (Phi) is 5.99. The van der Waals surface area contributed by atoms with E-state index in [4.69, 9.17) is 20.8 Å². The molecular formula is C31H28ClN3O4. The number of halogens is 1. The second-order valence-electron chi connectivity index (χ2n) is 11.0. The highest BCUT2D eigenvalue weighted by atomic mass is 35.5. The van der Waals surface area contributed by atoms with Gasteiger partial charge in [0, 0.05) is 10.9 Å². The van der Waals surface area contributed by atoms with Crippen LogP contribution in [0.5, 0.6) is 0 Å². The standard InChI is InChI=1S/C31H28ClN3O4/c1-30(2,3)39-29(37)33-31(16-7-17-31)20-12-10-18(11-13-20)23-25(36)22-15-14-21-24(34-35-28(21)32)27(22)38-26(23)19-8-5-4-6-9-19/h4-6,8-15H,7,16-17H2,1-3H3,(H,33,37)(H,34,35). The van der Waals surface area contributed by atoms with E-state index in [0.717, 1.165) is 36.0 Å². The van der Waals surface area contributed by atoms with Crippen molar-refractivity contribution in [1.82, 2.24) is 15.5 Å². The zero-order chi connectivity index (χ0) is 27.4. The molecule has 1 saturated carbocycles. The van der Waals surface area contributed by atoms with Gasteiger partial charge < -0.3 is 14.5 Å². The van der Waals surface area contributed by atoms with Gasteiger partial charge in [-0.3, -0.25) is 9.89 Å². The van der Waals surface area contributed by atoms with E-state index in [2.05, 4.69) is 15.5 Å². The molecule has 2 heterocycles. The quantitative estimate of drug-likeness (QED) is 0.245. The molecule has 8 heteroatoms. The summed E-state index contributed by atoms with van der Waals surface area (Å²) in [5.41, 5.74) is 2.72. The summed E-state index contributed by atoms with van der Waals surface area (Å²) in [6.07, 6.45) is 2.22. The normalized spacial score (nSPS) is 14.8. The second kappa shape index (κ2) is 9.27. The summed E-state index contributed by atoms with van der Waals surface area (Å²) in [6, 6.07) is 20.8. The van der Waals surface area contributed by atoms with Gasteiger partial charge in [0.2, 0.25) is 5.43 Å². The average Bonchev–Trinajstić information content (AvgIpc) is 3.27. The molecule has 3 aromatic carbocycles. The molecule has 0 unspecified atom stereocenters. The fourth-order valence-electron chi connectivity index (χ4n) is 5.23. The van der Waals surface area contributed by atoms with Crippen molar-refractivity contribution in [1.29, 1.82) is 0 Å². The molecule has 1 aliphatic rings. The van der Waals surface area contributed by atoms with Gasteiger partial charge in [0.05, 0.1) is 16.5 Å². The smallest absolute Gasteiger partial charge is 0.408 e. The number of alkyl carbamates (subject to hydrolysis) is 1. The SMILES string of the molecule is CC(C)(C)OC(=O)NC1(c2ccc(-c3c(-c4ccccc4)oc4c(ccc5c(Cl)n[nH]c54)c3=O)cc2)CCC1. The van der Waals surface area contributed by atoms with Crippen LogP contribution in [0.15, 0.2) is 75.9 Å². The van der Waals surface area contributed by atoms with Crippen molar-refractivity contribution in [3.63, 3.8) is 0 Å². The van der Waals surface area contributed by atoms with Crippen LogP contribution in [0.1, 0.15) is 45.6 Å². The molecule has 5 aromatic rings. The maximum Gasteiger partial charge on any atom is 0.408 e. The number of hydrogen-bond acceptors (Lipinski definition) is 5. The minimum absolute atomic E-state index is 0.152. The molecule has 0 aliphatic heterocycles. The Labute approximate surface area is 230 Å². The Morgan fingerprint density at radius 2 is 1.69 bits per heavy atom. The van der Waals surface area contributed by atoms with Gasteiger partial charge >= 0.3 is 6.09 Å². The molecule has 0 atom stereocenters. The molecule has 0 radical (unpaired) electrons. The van der Waals surface area contributed by atoms with E-state index in [1.54, 1.807) is 12.1 Å². The Morgan fingerprint density at radius 3 is 2.33 bits per heavy atom. The van der Waals surface area contributed by atoms with Crippen LogP contribution in [0.4, 0.5) is 4.79 Å². The Hall–Kier alpha value is -4.10. The van der Waals surface area contributed by atoms with Crippen LogP contribution in [0, 0.1) is 0 Å². The number of nitrogens with zero attached hydrogens (tertiary/aromatic N) is 1. The zero-order valence-corrected chi connectivity index (χ0v) is 22.7. The van der Waals surface area contributed by atoms with E-state index < -0.39 is 17.2 Å². The first kappa shape index (κ1) is 25.2. The maximum atomic E-state index is 14.0. The minimum Gasteiger partial charge on any atom is -0.453 e. The number of aromatic nitrogens is 2. The first-order valence-electron chi connectivity index (χ1n) is 13.0. The summed E-state index contributed by atoms with van der Waals surface area (Å²) < 4.78 is 12.0. The van der Waals surface area contributed by atoms with Crippen molar-refractivity contribution < 1.29 is 13.9 Å². The molecule has 6 rings (SSSR count). The Balaban J connectivity index is 1.46. The lowest BCUT2D eigenvalue weighted by Crippen LogP contribution is -2.52. The lowest BCUT2D eigenvalue weighted by atomic mass is 9.71. The van der Waals surface area contributed by atoms with Crippen molar-refractivity contribution in [2.45, 2.75) is 51.2 Å². The Bertz CT molecular complexity index is 1760. The largest absolute Gasteiger partial charge is 0.453 e. The number of hydrogen-bond donors (Lipinski definition) is 2. The fraction of sp³-hybridized carbons (Fsp3) is 0.258. The number of amides is 1. The maximum absolute atomic E-state index is 14.0. The van der Waals surface area contributed by atoms with Crippen molar-refractivity contribution in [2.24, 2.45) is 0 Å². The summed E-state index contributed by atoms with van der Waals surface area (Å²) in [5, 5.41) is 11.5. The van der Waals surface area contributed by atoms with Crippen molar-refractivity contribution in [3.05, 3.63) is 87.7 Å². The number of rotatable bonds is 4. The first-order chi connectivity index (χ1) is 18.7. The van der Waals surface area contributed by atoms with E-state index in [9.17, 15) is 9.59 Å². The van der Waals surface area contributed by atoms with Crippen LogP contribution in [-0.2, 0) is 10.3 Å². The van der Waals surface area contributed by atoms with Gasteiger partial charge in [0.25, 0.3) is 0 Å². The zero-order valence-electron chi connectivity index (χ0n) is 21.9. The van der Waals surface area contributed by atoms with Crippen molar-refractivity contribution in [3.8, 4) is 22.5 Å². The Morgan fingerprint density at radius 1 is 1.00 bits per heavy atom. The molecule has 1 aliphatic carbocycles. The lowest BCUT2D eigenvalue weighted by molar-refractivity contribution is 0.0377. The number of nitrogens with one attached hydrogen (secondary N) is 2. The van der Waals surface area contributed by atoms with Gasteiger partial charge in [-0.1, -0.05) is 66.2 Å². The van der Waals surface area contributed by atoms with Crippen molar-refractivity contribution in [2.75, 3.05) is 0 Å². The van der Waals surface area contributed by atoms with E-state index in [-0.39, 0.29) is 5.43 Å². The minimum atomic E-state index is -0.579. The summed E-state index contributed by atoms with van der Waals surface area (Å²) in [4.78, 5) is 26.6. The first-order valence-corrected chi connectivity index (χ1v) is 13.3. The molecule has 1 amide bonds. The summed E-state index contributed by atoms with van der Waals surface area (Å²) >= 11 is 6.23. The highest BCUT2D eigenvalue weighted by molar-refractivity contribution is 6.35. The summed E-state index contributed by atoms with van der Waals surface area (Å²) in [5.74, 6) is 0.462. The number of benzene rings is 3. The third-order valence-corrected chi connectivity index (χ3v) is 7.55. The molecule has 1 fully saturated rings. The van der Waals surface area contributed by atoms with Gasteiger partial charge in [-0.05, 0) is 63.3 Å². The highest BCUT2D eigenvalue weighted by Crippen LogP contribution is 2.43. The topological polar surface area (TPSA) is 97.2 Å². The van der Waals surface area contributed by atoms with E-state index in [1.807, 2.05) is 75.4 Å². The van der Waals surface area contributed by atoms with Crippen LogP contribution in [-0.4, -0.2) is 21.9 Å². The number of fused-ring (bicyclic) bond motifs is 3. The third kappa shape index (κ3) is 4.46. The van der Waals surface area contributed by atoms with Crippen LogP contribution in [0.2, 0.25) is 5.15 Å². The number of H-pyrrole nitrogens is 1. The molecule has 2 N–H and O–H groups in total. The molecule has 0 saturated heterocycles. The van der Waals surface area contributed by atoms with Crippen LogP contribution < -0.4 is 10.7 Å². The number of aromatic amines is 1. The monoisotopic (exact) mass is 541 g/mol. The molecule has 39 heavy (non-hydrogen) atoms. The van der Waals surface area contributed by atoms with Gasteiger partial charge in [-0.2, -0.15) is 5.10 Å². The van der Waals surface area contributed by atoms with Gasteiger partial charge in [-0.15, -0.1) is 0 Å². The molecule has 2 aromatic heterocycles. The average molecular weight is 542 g/mol. The fourth-order valence-corrected chi connectivity index (χ4v) is 5.43. The van der Waals surface area contributed by atoms with E-state index in [0.29, 0.717) is 38.3 Å². The molecule has 0 bridgehead atoms. The predicted molar refractivity (Wildman–Crippen MR) is 153 cm³/mol. The number of ether oxygens (including phenoxy) is 1. The predicted octanol–water partition coefficient (Wildman–Crippen LogP) is 7.56. The summed E-state index contributed by atoms with van der Waals surface area (Å²) in [7, 11) is 0. The van der Waals surface area contributed by atoms with Crippen LogP contribution in [0.3, 0.4) is 0 Å². The van der Waals surface area contributed by atoms with Crippen LogP contribution in [0.25, 0.3) is 44.3 Å². The van der Waals surface area contributed by atoms with E-state index >= 15 is 0 Å². The van der Waals surface area contributed by atoms with Gasteiger partial charge in [-0.25, -0.2) is 4.79 Å². The van der Waals surface area contributed by atoms with Crippen molar-refractivity contribution >= 4 is 39.6 Å². The second-order valence-corrected chi connectivity index (χ2v) is 11.4. The van der Waals surface area contributed by atoms with Crippen LogP contribution >= 0.6 is 11.6 Å². The highest BCUT2D eigenvalue weighted by Gasteiger charge is 2.41. The number of carbonyl (C=O) groups excluding carboxylic acids is 1.